The lowest BCUT2D eigenvalue weighted by Gasteiger charge is -2.09. The van der Waals surface area contributed by atoms with Crippen molar-refractivity contribution in [1.29, 1.82) is 0 Å². The molecule has 0 radical (unpaired) electrons. The van der Waals surface area contributed by atoms with Gasteiger partial charge < -0.3 is 14.9 Å². The second-order valence-corrected chi connectivity index (χ2v) is 7.72. The molecule has 164 valence electrons. The minimum atomic E-state index is -0.811. The summed E-state index contributed by atoms with van der Waals surface area (Å²) in [5.41, 5.74) is 3.24. The van der Waals surface area contributed by atoms with Crippen molar-refractivity contribution < 1.29 is 14.7 Å². The van der Waals surface area contributed by atoms with Gasteiger partial charge in [0.2, 0.25) is 0 Å². The van der Waals surface area contributed by atoms with Gasteiger partial charge in [0.1, 0.15) is 17.9 Å². The zero-order chi connectivity index (χ0) is 22.5. The van der Waals surface area contributed by atoms with Gasteiger partial charge in [0.25, 0.3) is 5.09 Å². The maximum absolute atomic E-state index is 10.1. The fraction of sp³-hybridized carbons (Fsp3) is 0.190. The number of benzene rings is 2. The standard InChI is InChI=1S/C21H19BrN6O4/c1-14-19-20(23-13-24-21(19)27(26-14)17-7-3-15(22)4-8-17)25-16-5-9-18(10-6-16)31-11-2-12-32-28(29)30/h3-10,13H,2,11-12H2,1H3,(H,23,24,25). The molecule has 0 aliphatic heterocycles. The topological polar surface area (TPSA) is 117 Å². The van der Waals surface area contributed by atoms with Crippen LogP contribution >= 0.6 is 15.9 Å². The van der Waals surface area contributed by atoms with Crippen LogP contribution in [0.5, 0.6) is 5.75 Å². The number of anilines is 2. The van der Waals surface area contributed by atoms with Crippen LogP contribution in [0.3, 0.4) is 0 Å². The summed E-state index contributed by atoms with van der Waals surface area (Å²) in [6.07, 6.45) is 1.92. The normalized spacial score (nSPS) is 10.8. The molecule has 2 aromatic carbocycles. The van der Waals surface area contributed by atoms with E-state index < -0.39 is 5.09 Å². The molecule has 4 rings (SSSR count). The Labute approximate surface area is 191 Å². The molecule has 2 heterocycles. The summed E-state index contributed by atoms with van der Waals surface area (Å²) in [6.45, 7) is 2.25. The van der Waals surface area contributed by atoms with E-state index in [4.69, 9.17) is 4.74 Å². The van der Waals surface area contributed by atoms with E-state index in [2.05, 4.69) is 41.2 Å². The molecular weight excluding hydrogens is 480 g/mol. The number of hydrogen-bond acceptors (Lipinski definition) is 8. The predicted molar refractivity (Wildman–Crippen MR) is 122 cm³/mol. The van der Waals surface area contributed by atoms with Gasteiger partial charge in [0, 0.05) is 16.6 Å². The van der Waals surface area contributed by atoms with Crippen molar-refractivity contribution in [3.8, 4) is 11.4 Å². The fourth-order valence-electron chi connectivity index (χ4n) is 3.13. The highest BCUT2D eigenvalue weighted by atomic mass is 79.9. The van der Waals surface area contributed by atoms with Crippen LogP contribution in [0.15, 0.2) is 59.3 Å². The maximum Gasteiger partial charge on any atom is 0.294 e. The Morgan fingerprint density at radius 1 is 1.09 bits per heavy atom. The summed E-state index contributed by atoms with van der Waals surface area (Å²) in [4.78, 5) is 23.2. The molecule has 0 aliphatic rings. The van der Waals surface area contributed by atoms with E-state index in [0.717, 1.165) is 26.9 Å². The second-order valence-electron chi connectivity index (χ2n) is 6.80. The molecule has 0 fully saturated rings. The van der Waals surface area contributed by atoms with Crippen molar-refractivity contribution in [3.05, 3.63) is 75.1 Å². The Bertz CT molecular complexity index is 1230. The van der Waals surface area contributed by atoms with Crippen molar-refractivity contribution in [3.63, 3.8) is 0 Å². The van der Waals surface area contributed by atoms with Gasteiger partial charge in [-0.1, -0.05) is 15.9 Å². The lowest BCUT2D eigenvalue weighted by molar-refractivity contribution is -0.757. The van der Waals surface area contributed by atoms with Gasteiger partial charge in [-0.25, -0.2) is 14.6 Å². The molecule has 0 spiro atoms. The van der Waals surface area contributed by atoms with Gasteiger partial charge in [-0.15, -0.1) is 10.1 Å². The first-order chi connectivity index (χ1) is 15.5. The van der Waals surface area contributed by atoms with Crippen molar-refractivity contribution in [1.82, 2.24) is 19.7 Å². The van der Waals surface area contributed by atoms with E-state index in [1.807, 2.05) is 55.5 Å². The van der Waals surface area contributed by atoms with Crippen LogP contribution in [0.4, 0.5) is 11.5 Å². The highest BCUT2D eigenvalue weighted by molar-refractivity contribution is 9.10. The van der Waals surface area contributed by atoms with Crippen LogP contribution in [-0.2, 0) is 4.84 Å². The molecule has 4 aromatic rings. The lowest BCUT2D eigenvalue weighted by Crippen LogP contribution is -2.06. The Hall–Kier alpha value is -3.73. The molecule has 32 heavy (non-hydrogen) atoms. The van der Waals surface area contributed by atoms with Crippen LogP contribution in [0.25, 0.3) is 16.7 Å². The van der Waals surface area contributed by atoms with Crippen molar-refractivity contribution in [2.75, 3.05) is 18.5 Å². The van der Waals surface area contributed by atoms with Crippen LogP contribution in [0, 0.1) is 17.0 Å². The SMILES string of the molecule is Cc1nn(-c2ccc(Br)cc2)c2ncnc(Nc3ccc(OCCCO[N+](=O)[O-])cc3)c12. The Balaban J connectivity index is 1.48. The van der Waals surface area contributed by atoms with Crippen LogP contribution in [-0.4, -0.2) is 38.0 Å². The number of nitrogens with one attached hydrogen (secondary N) is 1. The maximum atomic E-state index is 10.1. The van der Waals surface area contributed by atoms with Gasteiger partial charge in [0.15, 0.2) is 5.65 Å². The smallest absolute Gasteiger partial charge is 0.294 e. The third-order valence-electron chi connectivity index (χ3n) is 4.58. The van der Waals surface area contributed by atoms with Gasteiger partial charge >= 0.3 is 0 Å². The third-order valence-corrected chi connectivity index (χ3v) is 5.11. The van der Waals surface area contributed by atoms with E-state index in [1.165, 1.54) is 6.33 Å². The summed E-state index contributed by atoms with van der Waals surface area (Å²) in [5.74, 6) is 1.31. The number of aryl methyl sites for hydroxylation is 1. The van der Waals surface area contributed by atoms with Crippen LogP contribution in [0.1, 0.15) is 12.1 Å². The summed E-state index contributed by atoms with van der Waals surface area (Å²) in [6, 6.07) is 15.2. The van der Waals surface area contributed by atoms with Gasteiger partial charge in [-0.2, -0.15) is 5.10 Å². The first-order valence-corrected chi connectivity index (χ1v) is 10.5. The lowest BCUT2D eigenvalue weighted by atomic mass is 10.2. The Morgan fingerprint density at radius 3 is 2.56 bits per heavy atom. The summed E-state index contributed by atoms with van der Waals surface area (Å²) < 4.78 is 8.36. The molecule has 10 nitrogen and oxygen atoms in total. The minimum Gasteiger partial charge on any atom is -0.494 e. The highest BCUT2D eigenvalue weighted by Gasteiger charge is 2.15. The highest BCUT2D eigenvalue weighted by Crippen LogP contribution is 2.28. The molecule has 0 amide bonds. The largest absolute Gasteiger partial charge is 0.494 e. The minimum absolute atomic E-state index is 0.00361. The van der Waals surface area contributed by atoms with E-state index >= 15 is 0 Å². The van der Waals surface area contributed by atoms with Crippen LogP contribution < -0.4 is 10.1 Å². The van der Waals surface area contributed by atoms with Crippen molar-refractivity contribution in [2.24, 2.45) is 0 Å². The molecular formula is C21H19BrN6O4. The molecule has 0 saturated heterocycles. The summed E-state index contributed by atoms with van der Waals surface area (Å²) >= 11 is 3.45. The molecule has 0 saturated carbocycles. The van der Waals surface area contributed by atoms with Gasteiger partial charge in [0.05, 0.1) is 30.0 Å². The second kappa shape index (κ2) is 9.60. The molecule has 0 unspecified atom stereocenters. The zero-order valence-corrected chi connectivity index (χ0v) is 18.7. The monoisotopic (exact) mass is 498 g/mol. The van der Waals surface area contributed by atoms with E-state index in [1.54, 1.807) is 4.68 Å². The molecule has 0 aliphatic carbocycles. The predicted octanol–water partition coefficient (Wildman–Crippen LogP) is 4.61. The van der Waals surface area contributed by atoms with E-state index in [0.29, 0.717) is 30.2 Å². The third kappa shape index (κ3) is 4.94. The molecule has 0 atom stereocenters. The van der Waals surface area contributed by atoms with Crippen molar-refractivity contribution >= 4 is 38.5 Å². The molecule has 1 N–H and O–H groups in total. The van der Waals surface area contributed by atoms with Crippen LogP contribution in [0.2, 0.25) is 0 Å². The number of fused-ring (bicyclic) bond motifs is 1. The number of rotatable bonds is 9. The Morgan fingerprint density at radius 2 is 1.84 bits per heavy atom. The number of hydrogen-bond donors (Lipinski definition) is 1. The van der Waals surface area contributed by atoms with E-state index in [9.17, 15) is 10.1 Å². The number of nitrogens with zero attached hydrogens (tertiary/aromatic N) is 5. The molecule has 2 aromatic heterocycles. The average Bonchev–Trinajstić information content (AvgIpc) is 3.12. The Kier molecular flexibility index (Phi) is 6.45. The number of aromatic nitrogens is 4. The van der Waals surface area contributed by atoms with Gasteiger partial charge in [-0.05, 0) is 55.5 Å². The first-order valence-electron chi connectivity index (χ1n) is 9.75. The first kappa shape index (κ1) is 21.5. The average molecular weight is 499 g/mol. The summed E-state index contributed by atoms with van der Waals surface area (Å²) in [5, 5.41) is 18.1. The number of halogens is 1. The quantitative estimate of drug-likeness (QED) is 0.202. The fourth-order valence-corrected chi connectivity index (χ4v) is 3.40. The molecule has 0 bridgehead atoms. The van der Waals surface area contributed by atoms with E-state index in [-0.39, 0.29) is 6.61 Å². The summed E-state index contributed by atoms with van der Waals surface area (Å²) in [7, 11) is 0. The zero-order valence-electron chi connectivity index (χ0n) is 17.1. The van der Waals surface area contributed by atoms with Crippen molar-refractivity contribution in [2.45, 2.75) is 13.3 Å². The molecule has 11 heteroatoms. The number of ether oxygens (including phenoxy) is 1. The van der Waals surface area contributed by atoms with Gasteiger partial charge in [-0.3, -0.25) is 0 Å².